The van der Waals surface area contributed by atoms with Crippen LogP contribution in [0.4, 0.5) is 5.69 Å². The Morgan fingerprint density at radius 3 is 2.81 bits per heavy atom. The average Bonchev–Trinajstić information content (AvgIpc) is 2.50. The van der Waals surface area contributed by atoms with Gasteiger partial charge in [-0.2, -0.15) is 0 Å². The van der Waals surface area contributed by atoms with Crippen LogP contribution in [0.5, 0.6) is 0 Å². The van der Waals surface area contributed by atoms with E-state index in [9.17, 15) is 9.59 Å². The van der Waals surface area contributed by atoms with E-state index in [1.54, 1.807) is 12.3 Å². The molecule has 1 aliphatic heterocycles. The lowest BCUT2D eigenvalue weighted by Gasteiger charge is -2.13. The Kier molecular flexibility index (Phi) is 2.60. The van der Waals surface area contributed by atoms with Crippen molar-refractivity contribution in [3.63, 3.8) is 0 Å². The van der Waals surface area contributed by atoms with Crippen molar-refractivity contribution >= 4 is 17.5 Å². The van der Waals surface area contributed by atoms with Gasteiger partial charge in [-0.1, -0.05) is 0 Å². The number of carbonyl (C=O) groups is 2. The highest BCUT2D eigenvalue weighted by molar-refractivity contribution is 6.06. The lowest BCUT2D eigenvalue weighted by molar-refractivity contribution is -0.136. The second-order valence-electron chi connectivity index (χ2n) is 3.83. The van der Waals surface area contributed by atoms with Crippen LogP contribution in [0.25, 0.3) is 0 Å². The molecular formula is C11H13N3O2. The first-order valence-corrected chi connectivity index (χ1v) is 5.08. The number of likely N-dealkylation sites (tertiary alicyclic amines) is 1. The van der Waals surface area contributed by atoms with Crippen molar-refractivity contribution in [3.8, 4) is 0 Å². The van der Waals surface area contributed by atoms with Crippen LogP contribution in [0, 0.1) is 6.92 Å². The van der Waals surface area contributed by atoms with Crippen molar-refractivity contribution in [3.05, 3.63) is 24.0 Å². The van der Waals surface area contributed by atoms with E-state index in [1.807, 2.05) is 13.0 Å². The SMILES string of the molecule is Cc1ncccc1NC1CC(=O)N(C)C1=O. The van der Waals surface area contributed by atoms with Gasteiger partial charge in [0.15, 0.2) is 0 Å². The van der Waals surface area contributed by atoms with E-state index in [0.717, 1.165) is 16.3 Å². The fourth-order valence-electron chi connectivity index (χ4n) is 1.69. The number of hydrogen-bond donors (Lipinski definition) is 1. The molecule has 1 aliphatic rings. The molecule has 0 aromatic carbocycles. The Hall–Kier alpha value is -1.91. The molecule has 0 bridgehead atoms. The van der Waals surface area contributed by atoms with Gasteiger partial charge in [-0.3, -0.25) is 19.5 Å². The quantitative estimate of drug-likeness (QED) is 0.738. The van der Waals surface area contributed by atoms with Gasteiger partial charge in [0.25, 0.3) is 5.91 Å². The fourth-order valence-corrected chi connectivity index (χ4v) is 1.69. The van der Waals surface area contributed by atoms with Crippen molar-refractivity contribution in [1.29, 1.82) is 0 Å². The summed E-state index contributed by atoms with van der Waals surface area (Å²) in [7, 11) is 1.50. The van der Waals surface area contributed by atoms with Crippen LogP contribution in [0.2, 0.25) is 0 Å². The third kappa shape index (κ3) is 1.76. The van der Waals surface area contributed by atoms with E-state index in [1.165, 1.54) is 7.05 Å². The summed E-state index contributed by atoms with van der Waals surface area (Å²) in [6, 6.07) is 3.18. The monoisotopic (exact) mass is 219 g/mol. The average molecular weight is 219 g/mol. The summed E-state index contributed by atoms with van der Waals surface area (Å²) in [4.78, 5) is 28.2. The molecule has 1 atom stereocenters. The predicted molar refractivity (Wildman–Crippen MR) is 58.8 cm³/mol. The van der Waals surface area contributed by atoms with Crippen molar-refractivity contribution in [2.75, 3.05) is 12.4 Å². The molecule has 0 radical (unpaired) electrons. The topological polar surface area (TPSA) is 62.3 Å². The van der Waals surface area contributed by atoms with Gasteiger partial charge in [0.2, 0.25) is 5.91 Å². The van der Waals surface area contributed by atoms with Gasteiger partial charge in [-0.25, -0.2) is 0 Å². The van der Waals surface area contributed by atoms with E-state index in [2.05, 4.69) is 10.3 Å². The van der Waals surface area contributed by atoms with Crippen LogP contribution in [0.3, 0.4) is 0 Å². The molecule has 1 unspecified atom stereocenters. The van der Waals surface area contributed by atoms with Crippen LogP contribution in [-0.2, 0) is 9.59 Å². The predicted octanol–water partition coefficient (Wildman–Crippen LogP) is 0.559. The maximum atomic E-state index is 11.7. The maximum absolute atomic E-state index is 11.7. The number of nitrogens with one attached hydrogen (secondary N) is 1. The minimum atomic E-state index is -0.458. The van der Waals surface area contributed by atoms with Crippen LogP contribution in [0.1, 0.15) is 12.1 Å². The number of carbonyl (C=O) groups excluding carboxylic acids is 2. The molecule has 2 heterocycles. The van der Waals surface area contributed by atoms with Crippen LogP contribution < -0.4 is 5.32 Å². The molecule has 2 rings (SSSR count). The van der Waals surface area contributed by atoms with Crippen LogP contribution in [-0.4, -0.2) is 34.8 Å². The second kappa shape index (κ2) is 3.92. The molecule has 16 heavy (non-hydrogen) atoms. The van der Waals surface area contributed by atoms with Crippen LogP contribution in [0.15, 0.2) is 18.3 Å². The Morgan fingerprint density at radius 2 is 2.25 bits per heavy atom. The molecule has 84 valence electrons. The van der Waals surface area contributed by atoms with E-state index in [0.29, 0.717) is 0 Å². The van der Waals surface area contributed by atoms with Gasteiger partial charge in [0, 0.05) is 13.2 Å². The number of amides is 2. The van der Waals surface area contributed by atoms with Gasteiger partial charge in [-0.15, -0.1) is 0 Å². The van der Waals surface area contributed by atoms with Gasteiger partial charge in [-0.05, 0) is 19.1 Å². The molecule has 0 saturated carbocycles. The van der Waals surface area contributed by atoms with Crippen molar-refractivity contribution < 1.29 is 9.59 Å². The lowest BCUT2D eigenvalue weighted by Crippen LogP contribution is -2.32. The summed E-state index contributed by atoms with van der Waals surface area (Å²) in [6.07, 6.45) is 1.90. The Morgan fingerprint density at radius 1 is 1.50 bits per heavy atom. The number of pyridine rings is 1. The number of aromatic nitrogens is 1. The van der Waals surface area contributed by atoms with Crippen molar-refractivity contribution in [2.24, 2.45) is 0 Å². The highest BCUT2D eigenvalue weighted by Gasteiger charge is 2.36. The summed E-state index contributed by atoms with van der Waals surface area (Å²) in [5, 5.41) is 3.05. The minimum absolute atomic E-state index is 0.149. The first-order chi connectivity index (χ1) is 7.59. The van der Waals surface area contributed by atoms with Crippen LogP contribution >= 0.6 is 0 Å². The zero-order valence-corrected chi connectivity index (χ0v) is 9.23. The standard InChI is InChI=1S/C11H13N3O2/c1-7-8(4-3-5-12-7)13-9-6-10(15)14(2)11(9)16/h3-5,9,13H,6H2,1-2H3. The summed E-state index contributed by atoms with van der Waals surface area (Å²) in [5.74, 6) is -0.336. The zero-order valence-electron chi connectivity index (χ0n) is 9.23. The molecule has 1 aromatic heterocycles. The molecular weight excluding hydrogens is 206 g/mol. The van der Waals surface area contributed by atoms with Crippen molar-refractivity contribution in [2.45, 2.75) is 19.4 Å². The third-order valence-electron chi connectivity index (χ3n) is 2.72. The summed E-state index contributed by atoms with van der Waals surface area (Å²) < 4.78 is 0. The number of imide groups is 1. The number of hydrogen-bond acceptors (Lipinski definition) is 4. The van der Waals surface area contributed by atoms with Gasteiger partial charge in [0.1, 0.15) is 6.04 Å². The Labute approximate surface area is 93.5 Å². The molecule has 5 heteroatoms. The number of likely N-dealkylation sites (N-methyl/N-ethyl adjacent to an activating group) is 1. The third-order valence-corrected chi connectivity index (χ3v) is 2.72. The van der Waals surface area contributed by atoms with Gasteiger partial charge >= 0.3 is 0 Å². The number of anilines is 1. The van der Waals surface area contributed by atoms with E-state index in [4.69, 9.17) is 0 Å². The first kappa shape index (κ1) is 10.6. The molecule has 1 N–H and O–H groups in total. The van der Waals surface area contributed by atoms with Gasteiger partial charge < -0.3 is 5.32 Å². The molecule has 2 amide bonds. The van der Waals surface area contributed by atoms with Crippen molar-refractivity contribution in [1.82, 2.24) is 9.88 Å². The lowest BCUT2D eigenvalue weighted by atomic mass is 10.2. The summed E-state index contributed by atoms with van der Waals surface area (Å²) >= 11 is 0. The number of aryl methyl sites for hydroxylation is 1. The molecule has 0 spiro atoms. The Balaban J connectivity index is 2.15. The fraction of sp³-hybridized carbons (Fsp3) is 0.364. The van der Waals surface area contributed by atoms with E-state index in [-0.39, 0.29) is 18.2 Å². The van der Waals surface area contributed by atoms with Gasteiger partial charge in [0.05, 0.1) is 17.8 Å². The largest absolute Gasteiger partial charge is 0.372 e. The molecule has 0 aliphatic carbocycles. The smallest absolute Gasteiger partial charge is 0.251 e. The highest BCUT2D eigenvalue weighted by atomic mass is 16.2. The van der Waals surface area contributed by atoms with E-state index >= 15 is 0 Å². The molecule has 1 aromatic rings. The number of rotatable bonds is 2. The second-order valence-corrected chi connectivity index (χ2v) is 3.83. The first-order valence-electron chi connectivity index (χ1n) is 5.08. The highest BCUT2D eigenvalue weighted by Crippen LogP contribution is 2.18. The summed E-state index contributed by atoms with van der Waals surface area (Å²) in [6.45, 7) is 1.85. The number of nitrogens with zero attached hydrogens (tertiary/aromatic N) is 2. The Bertz CT molecular complexity index is 445. The molecule has 5 nitrogen and oxygen atoms in total. The maximum Gasteiger partial charge on any atom is 0.251 e. The minimum Gasteiger partial charge on any atom is -0.372 e. The molecule has 1 saturated heterocycles. The molecule has 1 fully saturated rings. The zero-order chi connectivity index (χ0) is 11.7. The summed E-state index contributed by atoms with van der Waals surface area (Å²) in [5.41, 5.74) is 1.61. The van der Waals surface area contributed by atoms with E-state index < -0.39 is 6.04 Å². The normalized spacial score (nSPS) is 20.4.